The number of hydrogen-bond donors (Lipinski definition) is 1. The Labute approximate surface area is 107 Å². The van der Waals surface area contributed by atoms with E-state index in [4.69, 9.17) is 4.74 Å². The zero-order valence-corrected chi connectivity index (χ0v) is 10.9. The van der Waals surface area contributed by atoms with Crippen LogP contribution in [0.25, 0.3) is 0 Å². The van der Waals surface area contributed by atoms with Crippen molar-refractivity contribution in [2.45, 2.75) is 31.5 Å². The monoisotopic (exact) mass is 252 g/mol. The molecule has 0 saturated carbocycles. The van der Waals surface area contributed by atoms with Crippen LogP contribution in [0.2, 0.25) is 0 Å². The molecule has 0 aliphatic carbocycles. The van der Waals surface area contributed by atoms with Crippen LogP contribution in [0.15, 0.2) is 16.8 Å². The fourth-order valence-corrected chi connectivity index (χ4v) is 3.45. The maximum atomic E-state index is 5.91. The SMILES string of the molecule is c1cc(CNCC2CN3CCCC3CO2)cs1. The van der Waals surface area contributed by atoms with Gasteiger partial charge in [-0.2, -0.15) is 11.3 Å². The van der Waals surface area contributed by atoms with Crippen molar-refractivity contribution in [2.24, 2.45) is 0 Å². The van der Waals surface area contributed by atoms with Crippen molar-refractivity contribution in [3.63, 3.8) is 0 Å². The van der Waals surface area contributed by atoms with Crippen LogP contribution in [0, 0.1) is 0 Å². The van der Waals surface area contributed by atoms with E-state index < -0.39 is 0 Å². The predicted octanol–water partition coefficient (Wildman–Crippen LogP) is 1.70. The average molecular weight is 252 g/mol. The van der Waals surface area contributed by atoms with Crippen molar-refractivity contribution in [2.75, 3.05) is 26.2 Å². The summed E-state index contributed by atoms with van der Waals surface area (Å²) >= 11 is 1.76. The van der Waals surface area contributed by atoms with E-state index in [1.807, 2.05) is 0 Å². The zero-order chi connectivity index (χ0) is 11.5. The van der Waals surface area contributed by atoms with Gasteiger partial charge in [0.15, 0.2) is 0 Å². The van der Waals surface area contributed by atoms with Crippen LogP contribution >= 0.6 is 11.3 Å². The Morgan fingerprint density at radius 1 is 1.53 bits per heavy atom. The molecule has 0 amide bonds. The van der Waals surface area contributed by atoms with Gasteiger partial charge in [-0.25, -0.2) is 0 Å². The number of morpholine rings is 1. The number of ether oxygens (including phenoxy) is 1. The maximum Gasteiger partial charge on any atom is 0.0827 e. The number of nitrogens with zero attached hydrogens (tertiary/aromatic N) is 1. The standard InChI is InChI=1S/C13H20N2OS/c1-2-12-9-16-13(8-15(12)4-1)7-14-6-11-3-5-17-10-11/h3,5,10,12-14H,1-2,4,6-9H2. The average Bonchev–Trinajstić information content (AvgIpc) is 2.98. The number of nitrogens with one attached hydrogen (secondary N) is 1. The summed E-state index contributed by atoms with van der Waals surface area (Å²) in [6, 6.07) is 2.89. The molecule has 2 fully saturated rings. The van der Waals surface area contributed by atoms with Crippen LogP contribution in [-0.4, -0.2) is 43.3 Å². The third-order valence-corrected chi connectivity index (χ3v) is 4.47. The third kappa shape index (κ3) is 2.88. The van der Waals surface area contributed by atoms with Crippen molar-refractivity contribution in [3.05, 3.63) is 22.4 Å². The van der Waals surface area contributed by atoms with E-state index in [0.717, 1.165) is 26.2 Å². The Hall–Kier alpha value is -0.420. The summed E-state index contributed by atoms with van der Waals surface area (Å²) in [4.78, 5) is 2.60. The van der Waals surface area contributed by atoms with Gasteiger partial charge < -0.3 is 10.1 Å². The Morgan fingerprint density at radius 3 is 3.41 bits per heavy atom. The van der Waals surface area contributed by atoms with Crippen molar-refractivity contribution >= 4 is 11.3 Å². The highest BCUT2D eigenvalue weighted by molar-refractivity contribution is 7.07. The fraction of sp³-hybridized carbons (Fsp3) is 0.692. The number of fused-ring (bicyclic) bond motifs is 1. The van der Waals surface area contributed by atoms with E-state index in [-0.39, 0.29) is 0 Å². The van der Waals surface area contributed by atoms with Gasteiger partial charge in [-0.1, -0.05) is 0 Å². The van der Waals surface area contributed by atoms with E-state index >= 15 is 0 Å². The molecule has 0 aromatic carbocycles. The van der Waals surface area contributed by atoms with Crippen LogP contribution in [0.5, 0.6) is 0 Å². The zero-order valence-electron chi connectivity index (χ0n) is 10.1. The number of rotatable bonds is 4. The lowest BCUT2D eigenvalue weighted by Crippen LogP contribution is -2.49. The second-order valence-corrected chi connectivity index (χ2v) is 5.79. The predicted molar refractivity (Wildman–Crippen MR) is 70.4 cm³/mol. The molecule has 0 bridgehead atoms. The van der Waals surface area contributed by atoms with Crippen molar-refractivity contribution in [1.29, 1.82) is 0 Å². The van der Waals surface area contributed by atoms with Crippen molar-refractivity contribution in [1.82, 2.24) is 10.2 Å². The van der Waals surface area contributed by atoms with Gasteiger partial charge in [-0.05, 0) is 41.8 Å². The smallest absolute Gasteiger partial charge is 0.0827 e. The molecule has 3 heterocycles. The topological polar surface area (TPSA) is 24.5 Å². The summed E-state index contributed by atoms with van der Waals surface area (Å²) in [5, 5.41) is 7.82. The Bertz CT molecular complexity index is 341. The van der Waals surface area contributed by atoms with Gasteiger partial charge in [-0.3, -0.25) is 4.90 Å². The van der Waals surface area contributed by atoms with Gasteiger partial charge in [0.25, 0.3) is 0 Å². The summed E-state index contributed by atoms with van der Waals surface area (Å²) < 4.78 is 5.91. The Kier molecular flexibility index (Phi) is 3.76. The first-order valence-corrected chi connectivity index (χ1v) is 7.43. The lowest BCUT2D eigenvalue weighted by Gasteiger charge is -2.35. The molecule has 2 saturated heterocycles. The van der Waals surface area contributed by atoms with E-state index in [0.29, 0.717) is 12.1 Å². The molecule has 2 aliphatic heterocycles. The van der Waals surface area contributed by atoms with E-state index in [1.54, 1.807) is 11.3 Å². The molecule has 1 aromatic rings. The lowest BCUT2D eigenvalue weighted by atomic mass is 10.2. The molecule has 0 radical (unpaired) electrons. The van der Waals surface area contributed by atoms with Gasteiger partial charge in [0.2, 0.25) is 0 Å². The van der Waals surface area contributed by atoms with Crippen LogP contribution in [0.3, 0.4) is 0 Å². The second-order valence-electron chi connectivity index (χ2n) is 5.01. The van der Waals surface area contributed by atoms with Crippen molar-refractivity contribution in [3.8, 4) is 0 Å². The molecule has 2 aliphatic rings. The van der Waals surface area contributed by atoms with E-state index in [1.165, 1.54) is 24.9 Å². The largest absolute Gasteiger partial charge is 0.374 e. The molecular formula is C13H20N2OS. The number of hydrogen-bond acceptors (Lipinski definition) is 4. The lowest BCUT2D eigenvalue weighted by molar-refractivity contribution is -0.0470. The Morgan fingerprint density at radius 2 is 2.53 bits per heavy atom. The summed E-state index contributed by atoms with van der Waals surface area (Å²) in [5.74, 6) is 0. The molecule has 1 N–H and O–H groups in total. The summed E-state index contributed by atoms with van der Waals surface area (Å²) in [5.41, 5.74) is 1.38. The quantitative estimate of drug-likeness (QED) is 0.883. The minimum atomic E-state index is 0.378. The third-order valence-electron chi connectivity index (χ3n) is 3.74. The first kappa shape index (κ1) is 11.7. The molecule has 3 nitrogen and oxygen atoms in total. The van der Waals surface area contributed by atoms with Crippen molar-refractivity contribution < 1.29 is 4.74 Å². The fourth-order valence-electron chi connectivity index (χ4n) is 2.78. The highest BCUT2D eigenvalue weighted by Crippen LogP contribution is 2.22. The second kappa shape index (κ2) is 5.48. The molecule has 17 heavy (non-hydrogen) atoms. The van der Waals surface area contributed by atoms with Crippen LogP contribution in [0.4, 0.5) is 0 Å². The number of thiophene rings is 1. The van der Waals surface area contributed by atoms with Crippen LogP contribution in [0.1, 0.15) is 18.4 Å². The molecule has 2 atom stereocenters. The van der Waals surface area contributed by atoms with Gasteiger partial charge in [0.05, 0.1) is 12.7 Å². The maximum absolute atomic E-state index is 5.91. The molecule has 4 heteroatoms. The molecule has 94 valence electrons. The summed E-state index contributed by atoms with van der Waals surface area (Å²) in [6.45, 7) is 5.26. The minimum absolute atomic E-state index is 0.378. The Balaban J connectivity index is 1.40. The molecular weight excluding hydrogens is 232 g/mol. The summed E-state index contributed by atoms with van der Waals surface area (Å²) in [7, 11) is 0. The van der Waals surface area contributed by atoms with Gasteiger partial charge in [0.1, 0.15) is 0 Å². The highest BCUT2D eigenvalue weighted by Gasteiger charge is 2.31. The minimum Gasteiger partial charge on any atom is -0.374 e. The summed E-state index contributed by atoms with van der Waals surface area (Å²) in [6.07, 6.45) is 3.06. The highest BCUT2D eigenvalue weighted by atomic mass is 32.1. The molecule has 2 unspecified atom stereocenters. The van der Waals surface area contributed by atoms with Gasteiger partial charge >= 0.3 is 0 Å². The first-order valence-electron chi connectivity index (χ1n) is 6.49. The first-order chi connectivity index (χ1) is 8.42. The molecule has 1 aromatic heterocycles. The van der Waals surface area contributed by atoms with E-state index in [9.17, 15) is 0 Å². The normalized spacial score (nSPS) is 29.4. The van der Waals surface area contributed by atoms with Crippen LogP contribution in [-0.2, 0) is 11.3 Å². The van der Waals surface area contributed by atoms with Gasteiger partial charge in [0, 0.05) is 25.7 Å². The molecule has 3 rings (SSSR count). The van der Waals surface area contributed by atoms with E-state index in [2.05, 4.69) is 27.0 Å². The molecule has 0 spiro atoms. The van der Waals surface area contributed by atoms with Gasteiger partial charge in [-0.15, -0.1) is 0 Å². The van der Waals surface area contributed by atoms with Crippen LogP contribution < -0.4 is 5.32 Å².